The second-order valence-electron chi connectivity index (χ2n) is 14.0. The Morgan fingerprint density at radius 3 is 2.08 bits per heavy atom. The molecule has 2 aliphatic rings. The van der Waals surface area contributed by atoms with Crippen LogP contribution in [0.15, 0.2) is 71.7 Å². The van der Waals surface area contributed by atoms with E-state index >= 15 is 4.79 Å². The summed E-state index contributed by atoms with van der Waals surface area (Å²) in [5.41, 5.74) is 0.299. The summed E-state index contributed by atoms with van der Waals surface area (Å²) in [6.07, 6.45) is 0.555. The van der Waals surface area contributed by atoms with Gasteiger partial charge in [-0.05, 0) is 101 Å². The molecule has 1 fully saturated rings. The zero-order chi connectivity index (χ0) is 37.2. The number of carbonyl (C=O) groups excluding carboxylic acids is 1. The third kappa shape index (κ3) is 7.64. The van der Waals surface area contributed by atoms with Crippen LogP contribution in [0, 0.1) is 11.3 Å². The van der Waals surface area contributed by atoms with Crippen LogP contribution >= 0.6 is 23.2 Å². The van der Waals surface area contributed by atoms with Gasteiger partial charge in [-0.25, -0.2) is 13.2 Å². The fraction of sp³-hybridized carbons (Fsp3) is 0.462. The summed E-state index contributed by atoms with van der Waals surface area (Å²) in [4.78, 5) is 26.5. The molecule has 2 heterocycles. The van der Waals surface area contributed by atoms with E-state index in [1.807, 2.05) is 106 Å². The van der Waals surface area contributed by atoms with Gasteiger partial charge in [-0.1, -0.05) is 60.5 Å². The SMILES string of the molecule is CCOc1cc(C(C)(C)C#N)ccc1C1=N[C@@](C)(c2ccc(Cl)cc2)[C@@](C)(c2ccc(Cl)cc2)N1C(=O)N1CCN(CCCS(=O)(=O)CC)CC1. The monoisotopic (exact) mass is 751 g/mol. The highest BCUT2D eigenvalue weighted by atomic mass is 35.5. The minimum atomic E-state index is -3.04. The van der Waals surface area contributed by atoms with E-state index in [9.17, 15) is 13.7 Å². The van der Waals surface area contributed by atoms with Crippen LogP contribution in [-0.4, -0.2) is 85.8 Å². The largest absolute Gasteiger partial charge is 0.493 e. The molecular weight excluding hydrogens is 705 g/mol. The third-order valence-corrected chi connectivity index (χ3v) is 12.8. The minimum Gasteiger partial charge on any atom is -0.493 e. The van der Waals surface area contributed by atoms with E-state index < -0.39 is 26.3 Å². The van der Waals surface area contributed by atoms with E-state index in [4.69, 9.17) is 32.9 Å². The number of hydrogen-bond donors (Lipinski definition) is 0. The van der Waals surface area contributed by atoms with E-state index in [1.165, 1.54) is 0 Å². The average molecular weight is 753 g/mol. The van der Waals surface area contributed by atoms with Crippen LogP contribution in [0.2, 0.25) is 10.0 Å². The van der Waals surface area contributed by atoms with Gasteiger partial charge in [-0.3, -0.25) is 14.8 Å². The first-order valence-electron chi connectivity index (χ1n) is 17.4. The zero-order valence-corrected chi connectivity index (χ0v) is 32.6. The van der Waals surface area contributed by atoms with Gasteiger partial charge in [0, 0.05) is 42.0 Å². The molecule has 0 N–H and O–H groups in total. The normalized spacial score (nSPS) is 21.4. The van der Waals surface area contributed by atoms with Crippen molar-refractivity contribution in [2.24, 2.45) is 4.99 Å². The molecule has 2 atom stereocenters. The van der Waals surface area contributed by atoms with E-state index in [1.54, 1.807) is 11.8 Å². The molecule has 0 bridgehead atoms. The van der Waals surface area contributed by atoms with Crippen molar-refractivity contribution in [2.75, 3.05) is 50.8 Å². The van der Waals surface area contributed by atoms with Crippen LogP contribution < -0.4 is 4.74 Å². The summed E-state index contributed by atoms with van der Waals surface area (Å²) in [7, 11) is -3.04. The lowest BCUT2D eigenvalue weighted by molar-refractivity contribution is 0.0868. The van der Waals surface area contributed by atoms with Crippen molar-refractivity contribution >= 4 is 44.9 Å². The lowest BCUT2D eigenvalue weighted by Crippen LogP contribution is -2.60. The number of amidine groups is 1. The third-order valence-electron chi connectivity index (χ3n) is 10.5. The molecule has 272 valence electrons. The molecule has 0 unspecified atom stereocenters. The maximum absolute atomic E-state index is 15.2. The van der Waals surface area contributed by atoms with E-state index in [2.05, 4.69) is 11.0 Å². The van der Waals surface area contributed by atoms with Gasteiger partial charge in [0.15, 0.2) is 0 Å². The molecule has 0 aliphatic carbocycles. The van der Waals surface area contributed by atoms with Gasteiger partial charge in [0.25, 0.3) is 0 Å². The maximum atomic E-state index is 15.2. The fourth-order valence-corrected chi connectivity index (χ4v) is 8.07. The Morgan fingerprint density at radius 2 is 1.53 bits per heavy atom. The number of ether oxygens (including phenoxy) is 1. The molecule has 0 spiro atoms. The van der Waals surface area contributed by atoms with Gasteiger partial charge in [0.1, 0.15) is 32.5 Å². The number of nitriles is 1. The number of halogens is 2. The Morgan fingerprint density at radius 1 is 0.941 bits per heavy atom. The van der Waals surface area contributed by atoms with Crippen LogP contribution in [0.4, 0.5) is 4.79 Å². The van der Waals surface area contributed by atoms with E-state index in [0.29, 0.717) is 72.9 Å². The lowest BCUT2D eigenvalue weighted by Gasteiger charge is -2.47. The molecule has 2 amide bonds. The van der Waals surface area contributed by atoms with Crippen molar-refractivity contribution in [3.63, 3.8) is 0 Å². The summed E-state index contributed by atoms with van der Waals surface area (Å²) >= 11 is 12.8. The van der Waals surface area contributed by atoms with Gasteiger partial charge in [-0.15, -0.1) is 0 Å². The summed E-state index contributed by atoms with van der Waals surface area (Å²) in [5.74, 6) is 1.28. The van der Waals surface area contributed by atoms with Gasteiger partial charge in [0.05, 0.1) is 29.4 Å². The number of hydrogen-bond acceptors (Lipinski definition) is 7. The second kappa shape index (κ2) is 15.2. The van der Waals surface area contributed by atoms with Gasteiger partial charge in [0.2, 0.25) is 0 Å². The fourth-order valence-electron chi connectivity index (χ4n) is 6.96. The highest BCUT2D eigenvalue weighted by Crippen LogP contribution is 2.54. The van der Waals surface area contributed by atoms with Crippen LogP contribution in [0.1, 0.15) is 70.2 Å². The molecule has 3 aromatic carbocycles. The molecule has 5 rings (SSSR count). The first-order valence-corrected chi connectivity index (χ1v) is 20.0. The predicted molar refractivity (Wildman–Crippen MR) is 205 cm³/mol. The number of carbonyl (C=O) groups is 1. The Labute approximate surface area is 312 Å². The number of rotatable bonds is 11. The summed E-state index contributed by atoms with van der Waals surface area (Å²) < 4.78 is 30.4. The van der Waals surface area contributed by atoms with Crippen LogP contribution in [0.25, 0.3) is 0 Å². The van der Waals surface area contributed by atoms with Crippen molar-refractivity contribution < 1.29 is 17.9 Å². The summed E-state index contributed by atoms with van der Waals surface area (Å²) in [5, 5.41) is 11.1. The van der Waals surface area contributed by atoms with Crippen molar-refractivity contribution in [1.82, 2.24) is 14.7 Å². The Balaban J connectivity index is 1.64. The van der Waals surface area contributed by atoms with Gasteiger partial charge >= 0.3 is 6.03 Å². The maximum Gasteiger partial charge on any atom is 0.326 e. The quantitative estimate of drug-likeness (QED) is 0.199. The summed E-state index contributed by atoms with van der Waals surface area (Å²) in [6.45, 7) is 14.5. The highest BCUT2D eigenvalue weighted by Gasteiger charge is 2.60. The van der Waals surface area contributed by atoms with Crippen molar-refractivity contribution in [3.05, 3.63) is 99.0 Å². The minimum absolute atomic E-state index is 0.139. The molecule has 2 aliphatic heterocycles. The molecular formula is C39H47Cl2N5O4S. The van der Waals surface area contributed by atoms with Crippen LogP contribution in [0.5, 0.6) is 5.75 Å². The number of amides is 2. The Kier molecular flexibility index (Phi) is 11.5. The number of aliphatic imine (C=N–C) groups is 1. The van der Waals surface area contributed by atoms with Crippen molar-refractivity contribution in [2.45, 2.75) is 64.5 Å². The predicted octanol–water partition coefficient (Wildman–Crippen LogP) is 7.65. The summed E-state index contributed by atoms with van der Waals surface area (Å²) in [6, 6.07) is 23.0. The molecule has 3 aromatic rings. The average Bonchev–Trinajstić information content (AvgIpc) is 3.36. The second-order valence-corrected chi connectivity index (χ2v) is 17.4. The Bertz CT molecular complexity index is 1920. The lowest BCUT2D eigenvalue weighted by atomic mass is 9.71. The van der Waals surface area contributed by atoms with Crippen molar-refractivity contribution in [3.8, 4) is 11.8 Å². The topological polar surface area (TPSA) is 106 Å². The molecule has 12 heteroatoms. The smallest absolute Gasteiger partial charge is 0.326 e. The standard InChI is InChI=1S/C39H47Cl2N5O4S/c1-7-50-34-26-30(37(3,4)27-42)14-19-33(34)35-43-38(5,28-10-15-31(40)16-11-28)39(6,29-12-17-32(41)18-13-29)46(35)36(47)45-23-21-44(22-24-45)20-9-25-51(48,49)8-2/h10-19,26H,7-9,20-25H2,1-6H3/t38-,39+/m0/s1. The number of sulfone groups is 1. The number of nitrogens with zero attached hydrogens (tertiary/aromatic N) is 5. The Hall–Kier alpha value is -3.62. The van der Waals surface area contributed by atoms with Gasteiger partial charge in [-0.2, -0.15) is 5.26 Å². The van der Waals surface area contributed by atoms with Crippen LogP contribution in [-0.2, 0) is 26.3 Å². The van der Waals surface area contributed by atoms with Gasteiger partial charge < -0.3 is 9.64 Å². The number of benzene rings is 3. The molecule has 51 heavy (non-hydrogen) atoms. The van der Waals surface area contributed by atoms with Crippen LogP contribution in [0.3, 0.4) is 0 Å². The zero-order valence-electron chi connectivity index (χ0n) is 30.2. The molecule has 0 aromatic heterocycles. The molecule has 0 saturated carbocycles. The first kappa shape index (κ1) is 38.6. The first-order chi connectivity index (χ1) is 24.1. The molecule has 9 nitrogen and oxygen atoms in total. The van der Waals surface area contributed by atoms with E-state index in [-0.39, 0.29) is 17.5 Å². The number of urea groups is 1. The number of piperazine rings is 1. The molecule has 1 saturated heterocycles. The highest BCUT2D eigenvalue weighted by molar-refractivity contribution is 7.91. The van der Waals surface area contributed by atoms with Crippen molar-refractivity contribution in [1.29, 1.82) is 5.26 Å². The molecule has 0 radical (unpaired) electrons. The van der Waals surface area contributed by atoms with E-state index in [0.717, 1.165) is 16.7 Å².